The van der Waals surface area contributed by atoms with E-state index in [4.69, 9.17) is 0 Å². The molecule has 1 amide bonds. The average molecular weight is 346 g/mol. The number of aryl methyl sites for hydroxylation is 1. The number of aromatic nitrogens is 3. The number of nitrogens with zero attached hydrogens (tertiary/aromatic N) is 3. The molecule has 128 valence electrons. The highest BCUT2D eigenvalue weighted by molar-refractivity contribution is 6.12. The molecule has 4 rings (SSSR count). The summed E-state index contributed by atoms with van der Waals surface area (Å²) in [5.41, 5.74) is 0.471. The number of aromatic amines is 1. The number of amides is 1. The number of hydrogen-bond donors (Lipinski definition) is 1. The topological polar surface area (TPSA) is 61.9 Å². The molecule has 0 fully saturated rings. The number of anilines is 1. The van der Waals surface area contributed by atoms with Crippen molar-refractivity contribution in [3.63, 3.8) is 0 Å². The van der Waals surface area contributed by atoms with Crippen LogP contribution >= 0.6 is 0 Å². The minimum Gasteiger partial charge on any atom is -0.346 e. The van der Waals surface area contributed by atoms with Gasteiger partial charge in [-0.2, -0.15) is 13.2 Å². The summed E-state index contributed by atoms with van der Waals surface area (Å²) in [5, 5.41) is 0.552. The Morgan fingerprint density at radius 1 is 1.24 bits per heavy atom. The molecule has 0 saturated heterocycles. The fraction of sp³-hybridized carbons (Fsp3) is 0.235. The van der Waals surface area contributed by atoms with E-state index in [2.05, 4.69) is 15.0 Å². The Morgan fingerprint density at radius 3 is 2.80 bits per heavy atom. The normalized spacial score (nSPS) is 14.2. The Hall–Kier alpha value is -2.90. The molecule has 2 aromatic heterocycles. The second-order valence-electron chi connectivity index (χ2n) is 5.87. The van der Waals surface area contributed by atoms with Gasteiger partial charge in [0.05, 0.1) is 10.9 Å². The molecule has 25 heavy (non-hydrogen) atoms. The number of rotatable bonds is 1. The number of fused-ring (bicyclic) bond motifs is 2. The minimum absolute atomic E-state index is 0.152. The lowest BCUT2D eigenvalue weighted by molar-refractivity contribution is -0.138. The van der Waals surface area contributed by atoms with Crippen LogP contribution in [0.1, 0.15) is 27.4 Å². The standard InChI is InChI=1S/C17H13F3N4O/c1-9-22-14(11-5-7-21-15(11)23-9)16(25)24-8-6-10-12(17(18,19)20)3-2-4-13(10)24/h2-5,7H,6,8H2,1H3,(H,21,22,23). The van der Waals surface area contributed by atoms with Crippen LogP contribution in [-0.2, 0) is 12.6 Å². The first-order chi connectivity index (χ1) is 11.9. The third-order valence-corrected chi connectivity index (χ3v) is 4.31. The van der Waals surface area contributed by atoms with Gasteiger partial charge in [-0.3, -0.25) is 4.79 Å². The van der Waals surface area contributed by atoms with E-state index in [1.807, 2.05) is 0 Å². The largest absolute Gasteiger partial charge is 0.416 e. The molecule has 8 heteroatoms. The summed E-state index contributed by atoms with van der Waals surface area (Å²) < 4.78 is 39.6. The smallest absolute Gasteiger partial charge is 0.346 e. The first-order valence-corrected chi connectivity index (χ1v) is 7.69. The Balaban J connectivity index is 1.81. The molecule has 3 heterocycles. The summed E-state index contributed by atoms with van der Waals surface area (Å²) in [6.07, 6.45) is -2.63. The lowest BCUT2D eigenvalue weighted by Gasteiger charge is -2.18. The monoisotopic (exact) mass is 346 g/mol. The average Bonchev–Trinajstić information content (AvgIpc) is 3.18. The number of benzene rings is 1. The van der Waals surface area contributed by atoms with E-state index in [-0.39, 0.29) is 24.2 Å². The number of carbonyl (C=O) groups is 1. The van der Waals surface area contributed by atoms with Crippen LogP contribution in [0.15, 0.2) is 30.5 Å². The number of H-pyrrole nitrogens is 1. The SMILES string of the molecule is Cc1nc(C(=O)N2CCc3c2cccc3C(F)(F)F)c2cc[nH]c2n1. The molecule has 0 unspecified atom stereocenters. The van der Waals surface area contributed by atoms with Gasteiger partial charge in [-0.25, -0.2) is 9.97 Å². The number of halogens is 3. The Labute approximate surface area is 140 Å². The molecule has 1 aliphatic rings. The summed E-state index contributed by atoms with van der Waals surface area (Å²) in [7, 11) is 0. The van der Waals surface area contributed by atoms with E-state index in [1.165, 1.54) is 17.0 Å². The summed E-state index contributed by atoms with van der Waals surface area (Å²) in [6.45, 7) is 1.85. The number of carbonyl (C=O) groups excluding carboxylic acids is 1. The van der Waals surface area contributed by atoms with Crippen LogP contribution in [0.25, 0.3) is 11.0 Å². The third kappa shape index (κ3) is 2.45. The zero-order valence-corrected chi connectivity index (χ0v) is 13.2. The Morgan fingerprint density at radius 2 is 2.04 bits per heavy atom. The zero-order chi connectivity index (χ0) is 17.8. The van der Waals surface area contributed by atoms with Crippen LogP contribution in [0.3, 0.4) is 0 Å². The summed E-state index contributed by atoms with van der Waals surface area (Å²) in [6, 6.07) is 5.60. The van der Waals surface area contributed by atoms with Gasteiger partial charge < -0.3 is 9.88 Å². The van der Waals surface area contributed by atoms with Crippen molar-refractivity contribution in [2.24, 2.45) is 0 Å². The maximum absolute atomic E-state index is 13.2. The van der Waals surface area contributed by atoms with Crippen LogP contribution in [0.4, 0.5) is 18.9 Å². The van der Waals surface area contributed by atoms with Gasteiger partial charge in [-0.1, -0.05) is 6.07 Å². The van der Waals surface area contributed by atoms with Crippen molar-refractivity contribution in [1.82, 2.24) is 15.0 Å². The van der Waals surface area contributed by atoms with Crippen LogP contribution in [-0.4, -0.2) is 27.4 Å². The van der Waals surface area contributed by atoms with Crippen molar-refractivity contribution in [3.05, 3.63) is 53.1 Å². The van der Waals surface area contributed by atoms with E-state index in [1.54, 1.807) is 19.2 Å². The Bertz CT molecular complexity index is 993. The maximum Gasteiger partial charge on any atom is 0.416 e. The highest BCUT2D eigenvalue weighted by Crippen LogP contribution is 2.40. The highest BCUT2D eigenvalue weighted by atomic mass is 19.4. The molecule has 1 aromatic carbocycles. The van der Waals surface area contributed by atoms with Gasteiger partial charge in [0.15, 0.2) is 0 Å². The summed E-state index contributed by atoms with van der Waals surface area (Å²) in [4.78, 5) is 25.7. The first-order valence-electron chi connectivity index (χ1n) is 7.69. The van der Waals surface area contributed by atoms with Crippen molar-refractivity contribution in [2.45, 2.75) is 19.5 Å². The van der Waals surface area contributed by atoms with Gasteiger partial charge in [-0.05, 0) is 37.1 Å². The molecule has 0 atom stereocenters. The molecule has 1 aliphatic heterocycles. The third-order valence-electron chi connectivity index (χ3n) is 4.31. The predicted octanol–water partition coefficient (Wildman–Crippen LogP) is 3.49. The van der Waals surface area contributed by atoms with Gasteiger partial charge in [0, 0.05) is 18.4 Å². The second kappa shape index (κ2) is 5.30. The Kier molecular flexibility index (Phi) is 3.31. The molecule has 0 saturated carbocycles. The van der Waals surface area contributed by atoms with Crippen molar-refractivity contribution < 1.29 is 18.0 Å². The van der Waals surface area contributed by atoms with E-state index >= 15 is 0 Å². The molecule has 0 spiro atoms. The molecule has 5 nitrogen and oxygen atoms in total. The minimum atomic E-state index is -4.44. The maximum atomic E-state index is 13.2. The summed E-state index contributed by atoms with van der Waals surface area (Å²) >= 11 is 0. The molecular weight excluding hydrogens is 333 g/mol. The van der Waals surface area contributed by atoms with Crippen LogP contribution in [0.2, 0.25) is 0 Å². The molecular formula is C17H13F3N4O. The highest BCUT2D eigenvalue weighted by Gasteiger charge is 2.38. The van der Waals surface area contributed by atoms with Gasteiger partial charge in [-0.15, -0.1) is 0 Å². The van der Waals surface area contributed by atoms with Crippen LogP contribution in [0, 0.1) is 6.92 Å². The van der Waals surface area contributed by atoms with Gasteiger partial charge >= 0.3 is 6.18 Å². The molecule has 1 N–H and O–H groups in total. The zero-order valence-electron chi connectivity index (χ0n) is 13.2. The lowest BCUT2D eigenvalue weighted by atomic mass is 10.0. The molecule has 0 bridgehead atoms. The summed E-state index contributed by atoms with van der Waals surface area (Å²) in [5.74, 6) is -0.00469. The van der Waals surface area contributed by atoms with Gasteiger partial charge in [0.1, 0.15) is 17.2 Å². The predicted molar refractivity (Wildman–Crippen MR) is 85.5 cm³/mol. The van der Waals surface area contributed by atoms with E-state index in [0.717, 1.165) is 6.07 Å². The number of hydrogen-bond acceptors (Lipinski definition) is 3. The number of alkyl halides is 3. The second-order valence-corrected chi connectivity index (χ2v) is 5.87. The number of nitrogens with one attached hydrogen (secondary N) is 1. The van der Waals surface area contributed by atoms with Crippen molar-refractivity contribution in [1.29, 1.82) is 0 Å². The first kappa shape index (κ1) is 15.6. The fourth-order valence-electron chi connectivity index (χ4n) is 3.25. The fourth-order valence-corrected chi connectivity index (χ4v) is 3.25. The molecule has 0 radical (unpaired) electrons. The van der Waals surface area contributed by atoms with Gasteiger partial charge in [0.25, 0.3) is 5.91 Å². The van der Waals surface area contributed by atoms with Crippen molar-refractivity contribution in [3.8, 4) is 0 Å². The molecule has 0 aliphatic carbocycles. The van der Waals surface area contributed by atoms with Crippen LogP contribution in [0.5, 0.6) is 0 Å². The van der Waals surface area contributed by atoms with E-state index in [0.29, 0.717) is 22.5 Å². The van der Waals surface area contributed by atoms with Crippen LogP contribution < -0.4 is 4.90 Å². The molecule has 3 aromatic rings. The van der Waals surface area contributed by atoms with E-state index in [9.17, 15) is 18.0 Å². The van der Waals surface area contributed by atoms with Crippen molar-refractivity contribution in [2.75, 3.05) is 11.4 Å². The lowest BCUT2D eigenvalue weighted by Crippen LogP contribution is -2.30. The quantitative estimate of drug-likeness (QED) is 0.734. The van der Waals surface area contributed by atoms with Gasteiger partial charge in [0.2, 0.25) is 0 Å². The van der Waals surface area contributed by atoms with Crippen molar-refractivity contribution >= 4 is 22.6 Å². The van der Waals surface area contributed by atoms with E-state index < -0.39 is 17.6 Å².